The Balaban J connectivity index is 1.65. The zero-order valence-electron chi connectivity index (χ0n) is 14.7. The van der Waals surface area contributed by atoms with E-state index in [-0.39, 0.29) is 11.9 Å². The van der Waals surface area contributed by atoms with Crippen LogP contribution in [0.4, 0.5) is 5.88 Å². The monoisotopic (exact) mass is 331 g/mol. The topological polar surface area (TPSA) is 76.2 Å². The molecule has 1 amide bonds. The lowest BCUT2D eigenvalue weighted by atomic mass is 10.2. The average Bonchev–Trinajstić information content (AvgIpc) is 3.21. The smallest absolute Gasteiger partial charge is 0.243 e. The number of carbonyl (C=O) groups is 1. The molecule has 7 heteroatoms. The highest BCUT2D eigenvalue weighted by molar-refractivity contribution is 5.93. The Bertz CT molecular complexity index is 720. The van der Waals surface area contributed by atoms with Crippen LogP contribution in [0.15, 0.2) is 16.7 Å². The summed E-state index contributed by atoms with van der Waals surface area (Å²) < 4.78 is 7.12. The summed E-state index contributed by atoms with van der Waals surface area (Å²) in [5.41, 5.74) is 2.94. The first-order valence-electron chi connectivity index (χ1n) is 8.45. The van der Waals surface area contributed by atoms with Gasteiger partial charge in [-0.25, -0.2) is 0 Å². The number of likely N-dealkylation sites (tertiary alicyclic amines) is 1. The van der Waals surface area contributed by atoms with Crippen molar-refractivity contribution >= 4 is 11.8 Å². The molecular weight excluding hydrogens is 306 g/mol. The van der Waals surface area contributed by atoms with E-state index in [9.17, 15) is 4.79 Å². The normalized spacial score (nSPS) is 19.6. The average molecular weight is 331 g/mol. The van der Waals surface area contributed by atoms with Crippen LogP contribution >= 0.6 is 0 Å². The molecule has 1 aliphatic rings. The summed E-state index contributed by atoms with van der Waals surface area (Å²) in [6.45, 7) is 9.59. The second-order valence-corrected chi connectivity index (χ2v) is 6.64. The Kier molecular flexibility index (Phi) is 4.71. The molecule has 0 unspecified atom stereocenters. The van der Waals surface area contributed by atoms with Crippen LogP contribution in [0.3, 0.4) is 0 Å². The molecule has 130 valence electrons. The highest BCUT2D eigenvalue weighted by atomic mass is 16.5. The maximum absolute atomic E-state index is 12.5. The summed E-state index contributed by atoms with van der Waals surface area (Å²) in [6, 6.07) is 3.91. The van der Waals surface area contributed by atoms with E-state index >= 15 is 0 Å². The lowest BCUT2D eigenvalue weighted by Gasteiger charge is -2.29. The summed E-state index contributed by atoms with van der Waals surface area (Å²) in [4.78, 5) is 14.8. The van der Waals surface area contributed by atoms with Crippen molar-refractivity contribution < 1.29 is 9.32 Å². The van der Waals surface area contributed by atoms with Gasteiger partial charge in [0, 0.05) is 17.8 Å². The largest absolute Gasteiger partial charge is 0.338 e. The second kappa shape index (κ2) is 6.76. The Labute approximate surface area is 142 Å². The van der Waals surface area contributed by atoms with Crippen LogP contribution in [-0.4, -0.2) is 44.4 Å². The molecule has 0 aromatic carbocycles. The van der Waals surface area contributed by atoms with Crippen LogP contribution in [0.5, 0.6) is 0 Å². The van der Waals surface area contributed by atoms with Crippen LogP contribution in [0.25, 0.3) is 0 Å². The number of hydrogen-bond acceptors (Lipinski definition) is 5. The molecule has 2 aromatic rings. The molecule has 0 spiro atoms. The van der Waals surface area contributed by atoms with Crippen molar-refractivity contribution in [1.29, 1.82) is 0 Å². The number of anilines is 1. The van der Waals surface area contributed by atoms with Crippen molar-refractivity contribution in [1.82, 2.24) is 19.8 Å². The van der Waals surface area contributed by atoms with Gasteiger partial charge in [-0.15, -0.1) is 0 Å². The molecular formula is C17H25N5O2. The highest BCUT2D eigenvalue weighted by Crippen LogP contribution is 2.23. The van der Waals surface area contributed by atoms with Crippen molar-refractivity contribution in [2.45, 2.75) is 59.2 Å². The van der Waals surface area contributed by atoms with E-state index in [1.807, 2.05) is 25.5 Å². The van der Waals surface area contributed by atoms with E-state index in [2.05, 4.69) is 33.5 Å². The summed E-state index contributed by atoms with van der Waals surface area (Å²) in [7, 11) is 0. The molecule has 1 aliphatic heterocycles. The van der Waals surface area contributed by atoms with Gasteiger partial charge < -0.3 is 4.52 Å². The number of hydrogen-bond donors (Lipinski definition) is 1. The van der Waals surface area contributed by atoms with Crippen LogP contribution < -0.4 is 5.32 Å². The molecule has 24 heavy (non-hydrogen) atoms. The van der Waals surface area contributed by atoms with Gasteiger partial charge in [0.2, 0.25) is 11.8 Å². The third kappa shape index (κ3) is 3.51. The quantitative estimate of drug-likeness (QED) is 0.910. The predicted octanol–water partition coefficient (Wildman–Crippen LogP) is 2.29. The molecule has 3 rings (SSSR count). The van der Waals surface area contributed by atoms with Gasteiger partial charge in [0.1, 0.15) is 0 Å². The standard InChI is InChI=1S/C17H25N5O2/c1-11-8-13(3)22(19-11)10-15-6-5-7-21(15)14(4)17(23)18-16-9-12(2)20-24-16/h8-9,14-15H,5-7,10H2,1-4H3,(H,18,23)/t14-,15+/m1/s1. The fourth-order valence-electron chi connectivity index (χ4n) is 3.42. The Hall–Kier alpha value is -2.15. The number of aryl methyl sites for hydroxylation is 3. The number of rotatable bonds is 5. The van der Waals surface area contributed by atoms with Crippen LogP contribution in [0.1, 0.15) is 36.8 Å². The van der Waals surface area contributed by atoms with E-state index < -0.39 is 0 Å². The van der Waals surface area contributed by atoms with Gasteiger partial charge in [0.25, 0.3) is 0 Å². The van der Waals surface area contributed by atoms with Gasteiger partial charge in [-0.1, -0.05) is 5.16 Å². The SMILES string of the molecule is Cc1cc(NC(=O)[C@@H](C)N2CCC[C@H]2Cn2nc(C)cc2C)on1. The maximum atomic E-state index is 12.5. The molecule has 0 saturated carbocycles. The lowest BCUT2D eigenvalue weighted by molar-refractivity contribution is -0.121. The predicted molar refractivity (Wildman–Crippen MR) is 90.8 cm³/mol. The van der Waals surface area contributed by atoms with Crippen molar-refractivity contribution in [2.75, 3.05) is 11.9 Å². The van der Waals surface area contributed by atoms with E-state index in [4.69, 9.17) is 4.52 Å². The summed E-state index contributed by atoms with van der Waals surface area (Å²) in [5, 5.41) is 11.2. The van der Waals surface area contributed by atoms with Gasteiger partial charge >= 0.3 is 0 Å². The van der Waals surface area contributed by atoms with Crippen LogP contribution in [0, 0.1) is 20.8 Å². The van der Waals surface area contributed by atoms with Gasteiger partial charge in [-0.3, -0.25) is 19.7 Å². The first-order valence-corrected chi connectivity index (χ1v) is 8.45. The molecule has 1 saturated heterocycles. The maximum Gasteiger partial charge on any atom is 0.243 e. The van der Waals surface area contributed by atoms with Gasteiger partial charge in [-0.05, 0) is 53.1 Å². The van der Waals surface area contributed by atoms with E-state index in [1.165, 1.54) is 0 Å². The van der Waals surface area contributed by atoms with Crippen LogP contribution in [-0.2, 0) is 11.3 Å². The number of nitrogens with one attached hydrogen (secondary N) is 1. The number of aromatic nitrogens is 3. The summed E-state index contributed by atoms with van der Waals surface area (Å²) in [5.74, 6) is 0.338. The van der Waals surface area contributed by atoms with Crippen molar-refractivity contribution in [3.63, 3.8) is 0 Å². The minimum atomic E-state index is -0.222. The molecule has 0 aliphatic carbocycles. The molecule has 3 heterocycles. The number of nitrogens with zero attached hydrogens (tertiary/aromatic N) is 4. The molecule has 2 atom stereocenters. The van der Waals surface area contributed by atoms with E-state index in [0.29, 0.717) is 11.9 Å². The number of carbonyl (C=O) groups excluding carboxylic acids is 1. The fourth-order valence-corrected chi connectivity index (χ4v) is 3.42. The Morgan fingerprint density at radius 2 is 2.17 bits per heavy atom. The number of amides is 1. The molecule has 1 N–H and O–H groups in total. The first kappa shape index (κ1) is 16.7. The van der Waals surface area contributed by atoms with Crippen molar-refractivity contribution in [3.8, 4) is 0 Å². The second-order valence-electron chi connectivity index (χ2n) is 6.64. The van der Waals surface area contributed by atoms with Gasteiger partial charge in [0.15, 0.2) is 0 Å². The van der Waals surface area contributed by atoms with E-state index in [0.717, 1.165) is 43.0 Å². The van der Waals surface area contributed by atoms with Crippen molar-refractivity contribution in [2.24, 2.45) is 0 Å². The van der Waals surface area contributed by atoms with Crippen LogP contribution in [0.2, 0.25) is 0 Å². The Morgan fingerprint density at radius 1 is 1.38 bits per heavy atom. The van der Waals surface area contributed by atoms with Crippen molar-refractivity contribution in [3.05, 3.63) is 29.2 Å². The lowest BCUT2D eigenvalue weighted by Crippen LogP contribution is -2.46. The third-order valence-electron chi connectivity index (χ3n) is 4.66. The highest BCUT2D eigenvalue weighted by Gasteiger charge is 2.33. The fraction of sp³-hybridized carbons (Fsp3) is 0.588. The molecule has 7 nitrogen and oxygen atoms in total. The minimum absolute atomic E-state index is 0.0635. The zero-order valence-corrected chi connectivity index (χ0v) is 14.7. The third-order valence-corrected chi connectivity index (χ3v) is 4.66. The Morgan fingerprint density at radius 3 is 2.79 bits per heavy atom. The summed E-state index contributed by atoms with van der Waals surface area (Å²) in [6.07, 6.45) is 2.18. The molecule has 0 radical (unpaired) electrons. The summed E-state index contributed by atoms with van der Waals surface area (Å²) >= 11 is 0. The first-order chi connectivity index (χ1) is 11.4. The minimum Gasteiger partial charge on any atom is -0.338 e. The zero-order chi connectivity index (χ0) is 17.3. The van der Waals surface area contributed by atoms with E-state index in [1.54, 1.807) is 6.07 Å². The molecule has 1 fully saturated rings. The van der Waals surface area contributed by atoms with Gasteiger partial charge in [-0.2, -0.15) is 5.10 Å². The molecule has 0 bridgehead atoms. The molecule has 2 aromatic heterocycles. The van der Waals surface area contributed by atoms with Gasteiger partial charge in [0.05, 0.1) is 24.0 Å².